The van der Waals surface area contributed by atoms with E-state index in [1.807, 2.05) is 0 Å². The van der Waals surface area contributed by atoms with E-state index in [-0.39, 0.29) is 6.10 Å². The molecule has 2 aliphatic rings. The predicted molar refractivity (Wildman–Crippen MR) is 51.4 cm³/mol. The van der Waals surface area contributed by atoms with Crippen LogP contribution in [0, 0.1) is 11.8 Å². The summed E-state index contributed by atoms with van der Waals surface area (Å²) in [5.41, 5.74) is 0. The molecule has 0 bridgehead atoms. The number of ether oxygens (including phenoxy) is 1. The largest absolute Gasteiger partial charge is 0.390 e. The van der Waals surface area contributed by atoms with Gasteiger partial charge in [-0.15, -0.1) is 0 Å². The summed E-state index contributed by atoms with van der Waals surface area (Å²) in [7, 11) is 0. The molecule has 0 radical (unpaired) electrons. The van der Waals surface area contributed by atoms with Crippen molar-refractivity contribution in [3.05, 3.63) is 12.2 Å². The monoisotopic (exact) mass is 182 g/mol. The minimum atomic E-state index is -0.203. The lowest BCUT2D eigenvalue weighted by molar-refractivity contribution is 0.113. The van der Waals surface area contributed by atoms with Crippen LogP contribution in [0.2, 0.25) is 0 Å². The van der Waals surface area contributed by atoms with Crippen LogP contribution in [0.4, 0.5) is 0 Å². The maximum atomic E-state index is 9.58. The van der Waals surface area contributed by atoms with Crippen LogP contribution >= 0.6 is 0 Å². The van der Waals surface area contributed by atoms with Crippen LogP contribution in [0.1, 0.15) is 25.7 Å². The zero-order valence-electron chi connectivity index (χ0n) is 7.98. The molecule has 2 nitrogen and oxygen atoms in total. The molecule has 0 aromatic rings. The summed E-state index contributed by atoms with van der Waals surface area (Å²) in [6, 6.07) is 0. The summed E-state index contributed by atoms with van der Waals surface area (Å²) in [5.74, 6) is 1.18. The van der Waals surface area contributed by atoms with Crippen LogP contribution in [0.15, 0.2) is 12.2 Å². The third kappa shape index (κ3) is 2.32. The predicted octanol–water partition coefficient (Wildman–Crippen LogP) is 1.74. The van der Waals surface area contributed by atoms with Gasteiger partial charge in [0.25, 0.3) is 0 Å². The first-order valence-electron chi connectivity index (χ1n) is 5.27. The smallest absolute Gasteiger partial charge is 0.0823 e. The first kappa shape index (κ1) is 9.22. The van der Waals surface area contributed by atoms with E-state index >= 15 is 0 Å². The molecule has 13 heavy (non-hydrogen) atoms. The van der Waals surface area contributed by atoms with Gasteiger partial charge in [-0.1, -0.05) is 12.2 Å². The Labute approximate surface area is 79.6 Å². The van der Waals surface area contributed by atoms with Gasteiger partial charge in [-0.05, 0) is 31.6 Å². The maximum absolute atomic E-state index is 9.58. The van der Waals surface area contributed by atoms with E-state index in [9.17, 15) is 5.11 Å². The molecule has 0 aromatic heterocycles. The van der Waals surface area contributed by atoms with Crippen LogP contribution < -0.4 is 0 Å². The molecule has 1 aliphatic carbocycles. The number of aliphatic hydroxyl groups excluding tert-OH is 1. The lowest BCUT2D eigenvalue weighted by atomic mass is 9.85. The third-order valence-corrected chi connectivity index (χ3v) is 3.18. The first-order chi connectivity index (χ1) is 6.36. The molecule has 1 heterocycles. The van der Waals surface area contributed by atoms with Gasteiger partial charge in [-0.3, -0.25) is 0 Å². The minimum absolute atomic E-state index is 0.203. The van der Waals surface area contributed by atoms with Gasteiger partial charge in [0, 0.05) is 5.92 Å². The third-order valence-electron chi connectivity index (χ3n) is 3.18. The molecule has 0 saturated carbocycles. The number of rotatable bonds is 2. The number of hydrogen-bond donors (Lipinski definition) is 1. The Morgan fingerprint density at radius 3 is 2.85 bits per heavy atom. The fourth-order valence-corrected chi connectivity index (χ4v) is 2.31. The first-order valence-corrected chi connectivity index (χ1v) is 5.27. The molecule has 0 amide bonds. The zero-order valence-corrected chi connectivity index (χ0v) is 7.98. The van der Waals surface area contributed by atoms with E-state index < -0.39 is 0 Å². The van der Waals surface area contributed by atoms with E-state index in [4.69, 9.17) is 4.74 Å². The molecule has 3 atom stereocenters. The van der Waals surface area contributed by atoms with Crippen LogP contribution in [0.3, 0.4) is 0 Å². The van der Waals surface area contributed by atoms with Crippen LogP contribution in [0.25, 0.3) is 0 Å². The minimum Gasteiger partial charge on any atom is -0.390 e. The van der Waals surface area contributed by atoms with Crippen molar-refractivity contribution in [3.8, 4) is 0 Å². The fourth-order valence-electron chi connectivity index (χ4n) is 2.31. The van der Waals surface area contributed by atoms with Crippen LogP contribution in [-0.4, -0.2) is 24.4 Å². The Bertz CT molecular complexity index is 189. The molecule has 2 rings (SSSR count). The van der Waals surface area contributed by atoms with E-state index in [1.165, 1.54) is 19.3 Å². The van der Waals surface area contributed by atoms with Gasteiger partial charge in [0.05, 0.1) is 19.3 Å². The second-order valence-corrected chi connectivity index (χ2v) is 4.25. The molecule has 1 N–H and O–H groups in total. The highest BCUT2D eigenvalue weighted by Gasteiger charge is 2.28. The van der Waals surface area contributed by atoms with Gasteiger partial charge in [0.1, 0.15) is 0 Å². The highest BCUT2D eigenvalue weighted by atomic mass is 16.5. The lowest BCUT2D eigenvalue weighted by Crippen LogP contribution is -2.21. The van der Waals surface area contributed by atoms with Crippen molar-refractivity contribution in [1.29, 1.82) is 0 Å². The van der Waals surface area contributed by atoms with Crippen LogP contribution in [0.5, 0.6) is 0 Å². The average molecular weight is 182 g/mol. The molecular formula is C11H18O2. The summed E-state index contributed by atoms with van der Waals surface area (Å²) < 4.78 is 5.24. The van der Waals surface area contributed by atoms with E-state index in [2.05, 4.69) is 12.2 Å². The fraction of sp³-hybridized carbons (Fsp3) is 0.818. The molecule has 74 valence electrons. The summed E-state index contributed by atoms with van der Waals surface area (Å²) >= 11 is 0. The topological polar surface area (TPSA) is 29.5 Å². The van der Waals surface area contributed by atoms with Crippen molar-refractivity contribution in [2.45, 2.75) is 31.8 Å². The molecule has 2 heteroatoms. The highest BCUT2D eigenvalue weighted by molar-refractivity contribution is 4.91. The Morgan fingerprint density at radius 2 is 2.23 bits per heavy atom. The molecule has 1 unspecified atom stereocenters. The maximum Gasteiger partial charge on any atom is 0.0823 e. The van der Waals surface area contributed by atoms with Crippen molar-refractivity contribution in [3.63, 3.8) is 0 Å². The van der Waals surface area contributed by atoms with Crippen molar-refractivity contribution in [2.75, 3.05) is 13.2 Å². The van der Waals surface area contributed by atoms with Crippen molar-refractivity contribution in [2.24, 2.45) is 11.8 Å². The molecule has 0 spiro atoms. The highest BCUT2D eigenvalue weighted by Crippen LogP contribution is 2.29. The van der Waals surface area contributed by atoms with Gasteiger partial charge >= 0.3 is 0 Å². The summed E-state index contributed by atoms with van der Waals surface area (Å²) in [4.78, 5) is 0. The van der Waals surface area contributed by atoms with Crippen molar-refractivity contribution >= 4 is 0 Å². The zero-order chi connectivity index (χ0) is 9.10. The summed E-state index contributed by atoms with van der Waals surface area (Å²) in [5, 5.41) is 9.58. The standard InChI is InChI=1S/C11H18O2/c12-11-8-13-7-10(11)6-9-4-2-1-3-5-9/h1-2,9-12H,3-8H2/t9?,10-,11-/m1/s1. The number of aliphatic hydroxyl groups is 1. The van der Waals surface area contributed by atoms with E-state index in [0.29, 0.717) is 12.5 Å². The van der Waals surface area contributed by atoms with Gasteiger partial charge in [0.15, 0.2) is 0 Å². The Balaban J connectivity index is 1.79. The average Bonchev–Trinajstić information content (AvgIpc) is 2.54. The molecule has 0 aromatic carbocycles. The molecule has 1 saturated heterocycles. The van der Waals surface area contributed by atoms with Gasteiger partial charge < -0.3 is 9.84 Å². The SMILES string of the molecule is O[C@@H]1COC[C@H]1CC1CC=CCC1. The second kappa shape index (κ2) is 4.25. The van der Waals surface area contributed by atoms with Crippen molar-refractivity contribution < 1.29 is 9.84 Å². The van der Waals surface area contributed by atoms with E-state index in [1.54, 1.807) is 0 Å². The van der Waals surface area contributed by atoms with Gasteiger partial charge in [-0.2, -0.15) is 0 Å². The van der Waals surface area contributed by atoms with E-state index in [0.717, 1.165) is 18.9 Å². The molecular weight excluding hydrogens is 164 g/mol. The second-order valence-electron chi connectivity index (χ2n) is 4.25. The number of allylic oxidation sites excluding steroid dienone is 2. The molecule has 1 fully saturated rings. The lowest BCUT2D eigenvalue weighted by Gasteiger charge is -2.22. The summed E-state index contributed by atoms with van der Waals surface area (Å²) in [6.07, 6.45) is 9.18. The number of hydrogen-bond acceptors (Lipinski definition) is 2. The van der Waals surface area contributed by atoms with Gasteiger partial charge in [0.2, 0.25) is 0 Å². The summed E-state index contributed by atoms with van der Waals surface area (Å²) in [6.45, 7) is 1.31. The Morgan fingerprint density at radius 1 is 1.31 bits per heavy atom. The van der Waals surface area contributed by atoms with Crippen LogP contribution in [-0.2, 0) is 4.74 Å². The van der Waals surface area contributed by atoms with Crippen molar-refractivity contribution in [1.82, 2.24) is 0 Å². The normalized spacial score (nSPS) is 39.6. The van der Waals surface area contributed by atoms with Gasteiger partial charge in [-0.25, -0.2) is 0 Å². The Hall–Kier alpha value is -0.340. The quantitative estimate of drug-likeness (QED) is 0.659. The molecule has 1 aliphatic heterocycles. The Kier molecular flexibility index (Phi) is 3.01.